The van der Waals surface area contributed by atoms with Crippen molar-refractivity contribution >= 4 is 22.8 Å². The quantitative estimate of drug-likeness (QED) is 0.721. The van der Waals surface area contributed by atoms with E-state index >= 15 is 0 Å². The third-order valence-electron chi connectivity index (χ3n) is 4.63. The molecule has 1 N–H and O–H groups in total. The van der Waals surface area contributed by atoms with Crippen molar-refractivity contribution in [1.82, 2.24) is 24.9 Å². The number of hydrogen-bond acceptors (Lipinski definition) is 5. The van der Waals surface area contributed by atoms with E-state index < -0.39 is 5.97 Å². The fourth-order valence-corrected chi connectivity index (χ4v) is 3.29. The van der Waals surface area contributed by atoms with Gasteiger partial charge in [-0.25, -0.2) is 4.79 Å². The normalized spacial score (nSPS) is 14.1. The van der Waals surface area contributed by atoms with Crippen LogP contribution in [0.2, 0.25) is 0 Å². The van der Waals surface area contributed by atoms with Crippen molar-refractivity contribution in [3.05, 3.63) is 47.4 Å². The number of fused-ring (bicyclic) bond motifs is 2. The number of ether oxygens (including phenoxy) is 1. The second-order valence-corrected chi connectivity index (χ2v) is 6.30. The minimum atomic E-state index is -0.465. The first kappa shape index (κ1) is 16.3. The molecular weight excluding hydrogens is 334 g/mol. The number of amides is 1. The van der Waals surface area contributed by atoms with Crippen LogP contribution >= 0.6 is 0 Å². The fraction of sp³-hybridized carbons (Fsp3) is 0.333. The first-order chi connectivity index (χ1) is 12.7. The molecule has 0 saturated carbocycles. The number of benzene rings is 1. The Morgan fingerprint density at radius 1 is 1.27 bits per heavy atom. The SMILES string of the molecule is COC(=O)c1cc2n(n1)CCCN(C(=O)Cc1[nH]nc3ccccc13)C2. The zero-order valence-corrected chi connectivity index (χ0v) is 14.4. The highest BCUT2D eigenvalue weighted by Gasteiger charge is 2.23. The fourth-order valence-electron chi connectivity index (χ4n) is 3.29. The summed E-state index contributed by atoms with van der Waals surface area (Å²) in [5.41, 5.74) is 2.78. The van der Waals surface area contributed by atoms with E-state index in [4.69, 9.17) is 4.74 Å². The van der Waals surface area contributed by atoms with Crippen LogP contribution in [0.1, 0.15) is 28.3 Å². The number of nitrogens with one attached hydrogen (secondary N) is 1. The van der Waals surface area contributed by atoms with Crippen LogP contribution in [-0.4, -0.2) is 50.4 Å². The number of hydrogen-bond donors (Lipinski definition) is 1. The smallest absolute Gasteiger partial charge is 0.358 e. The van der Waals surface area contributed by atoms with Crippen LogP contribution in [0.25, 0.3) is 10.9 Å². The van der Waals surface area contributed by atoms with E-state index in [1.54, 1.807) is 15.6 Å². The molecule has 0 fully saturated rings. The van der Waals surface area contributed by atoms with Gasteiger partial charge >= 0.3 is 5.97 Å². The summed E-state index contributed by atoms with van der Waals surface area (Å²) in [5.74, 6) is -0.443. The van der Waals surface area contributed by atoms with Gasteiger partial charge in [0.15, 0.2) is 5.69 Å². The molecule has 8 heteroatoms. The summed E-state index contributed by atoms with van der Waals surface area (Å²) in [6.07, 6.45) is 1.04. The van der Waals surface area contributed by atoms with Gasteiger partial charge in [0.1, 0.15) is 0 Å². The molecule has 1 aromatic carbocycles. The van der Waals surface area contributed by atoms with Crippen molar-refractivity contribution in [3.63, 3.8) is 0 Å². The average molecular weight is 353 g/mol. The summed E-state index contributed by atoms with van der Waals surface area (Å²) in [6.45, 7) is 1.75. The number of nitrogens with zero attached hydrogens (tertiary/aromatic N) is 4. The molecule has 26 heavy (non-hydrogen) atoms. The largest absolute Gasteiger partial charge is 0.464 e. The lowest BCUT2D eigenvalue weighted by molar-refractivity contribution is -0.131. The lowest BCUT2D eigenvalue weighted by Crippen LogP contribution is -2.32. The lowest BCUT2D eigenvalue weighted by Gasteiger charge is -2.19. The molecule has 1 aliphatic rings. The Morgan fingerprint density at radius 2 is 2.12 bits per heavy atom. The first-order valence-corrected chi connectivity index (χ1v) is 8.50. The van der Waals surface area contributed by atoms with Crippen LogP contribution in [-0.2, 0) is 29.0 Å². The van der Waals surface area contributed by atoms with Crippen LogP contribution in [0, 0.1) is 0 Å². The minimum absolute atomic E-state index is 0.0219. The molecule has 0 radical (unpaired) electrons. The summed E-state index contributed by atoms with van der Waals surface area (Å²) in [4.78, 5) is 26.3. The molecule has 4 rings (SSSR count). The Hall–Kier alpha value is -3.16. The van der Waals surface area contributed by atoms with Crippen molar-refractivity contribution in [1.29, 1.82) is 0 Å². The highest BCUT2D eigenvalue weighted by Crippen LogP contribution is 2.19. The predicted octanol–water partition coefficient (Wildman–Crippen LogP) is 1.52. The van der Waals surface area contributed by atoms with Crippen LogP contribution in [0.4, 0.5) is 0 Å². The Bertz CT molecular complexity index is 974. The van der Waals surface area contributed by atoms with Crippen LogP contribution in [0.15, 0.2) is 30.3 Å². The van der Waals surface area contributed by atoms with Crippen LogP contribution < -0.4 is 0 Å². The third-order valence-corrected chi connectivity index (χ3v) is 4.63. The summed E-state index contributed by atoms with van der Waals surface area (Å²) in [5, 5.41) is 12.5. The number of aromatic amines is 1. The van der Waals surface area contributed by atoms with Gasteiger partial charge in [-0.05, 0) is 18.6 Å². The van der Waals surface area contributed by atoms with E-state index in [2.05, 4.69) is 15.3 Å². The number of H-pyrrole nitrogens is 1. The number of esters is 1. The second-order valence-electron chi connectivity index (χ2n) is 6.30. The van der Waals surface area contributed by atoms with Crippen molar-refractivity contribution in [3.8, 4) is 0 Å². The summed E-state index contributed by atoms with van der Waals surface area (Å²) in [7, 11) is 1.33. The number of methoxy groups -OCH3 is 1. The van der Waals surface area contributed by atoms with E-state index in [1.807, 2.05) is 24.3 Å². The minimum Gasteiger partial charge on any atom is -0.464 e. The van der Waals surface area contributed by atoms with Gasteiger partial charge in [-0.2, -0.15) is 10.2 Å². The Morgan fingerprint density at radius 3 is 2.96 bits per heavy atom. The molecule has 3 aromatic rings. The Balaban J connectivity index is 1.53. The zero-order chi connectivity index (χ0) is 18.1. The van der Waals surface area contributed by atoms with Gasteiger partial charge in [0.25, 0.3) is 0 Å². The van der Waals surface area contributed by atoms with Crippen LogP contribution in [0.3, 0.4) is 0 Å². The molecule has 0 spiro atoms. The van der Waals surface area contributed by atoms with Gasteiger partial charge in [0, 0.05) is 18.5 Å². The molecule has 0 aliphatic carbocycles. The monoisotopic (exact) mass is 353 g/mol. The van der Waals surface area contributed by atoms with Crippen LogP contribution in [0.5, 0.6) is 0 Å². The van der Waals surface area contributed by atoms with Gasteiger partial charge in [0.2, 0.25) is 5.91 Å². The molecular formula is C18H19N5O3. The molecule has 0 saturated heterocycles. The van der Waals surface area contributed by atoms with Gasteiger partial charge in [-0.15, -0.1) is 0 Å². The highest BCUT2D eigenvalue weighted by molar-refractivity contribution is 5.88. The van der Waals surface area contributed by atoms with Crippen molar-refractivity contribution in [2.45, 2.75) is 25.9 Å². The van der Waals surface area contributed by atoms with Crippen molar-refractivity contribution in [2.75, 3.05) is 13.7 Å². The van der Waals surface area contributed by atoms with E-state index in [9.17, 15) is 9.59 Å². The predicted molar refractivity (Wildman–Crippen MR) is 93.4 cm³/mol. The summed E-state index contributed by atoms with van der Waals surface area (Å²) < 4.78 is 6.51. The Labute approximate surface area is 149 Å². The molecule has 134 valence electrons. The molecule has 2 aromatic heterocycles. The Kier molecular flexibility index (Phi) is 4.16. The van der Waals surface area contributed by atoms with Crippen molar-refractivity contribution in [2.24, 2.45) is 0 Å². The van der Waals surface area contributed by atoms with E-state index in [0.717, 1.165) is 28.7 Å². The molecule has 1 aliphatic heterocycles. The molecule has 1 amide bonds. The first-order valence-electron chi connectivity index (χ1n) is 8.50. The summed E-state index contributed by atoms with van der Waals surface area (Å²) in [6, 6.07) is 9.43. The number of para-hydroxylation sites is 1. The van der Waals surface area contributed by atoms with Gasteiger partial charge < -0.3 is 9.64 Å². The second kappa shape index (κ2) is 6.62. The molecule has 8 nitrogen and oxygen atoms in total. The van der Waals surface area contributed by atoms with Crippen molar-refractivity contribution < 1.29 is 14.3 Å². The summed E-state index contributed by atoms with van der Waals surface area (Å²) >= 11 is 0. The zero-order valence-electron chi connectivity index (χ0n) is 14.4. The number of carbonyl (C=O) groups is 2. The maximum absolute atomic E-state index is 12.8. The van der Waals surface area contributed by atoms with Gasteiger partial charge in [-0.1, -0.05) is 18.2 Å². The van der Waals surface area contributed by atoms with Gasteiger partial charge in [0.05, 0.1) is 37.0 Å². The van der Waals surface area contributed by atoms with Gasteiger partial charge in [-0.3, -0.25) is 14.6 Å². The number of carbonyl (C=O) groups excluding carboxylic acids is 2. The van der Waals surface area contributed by atoms with E-state index in [0.29, 0.717) is 19.6 Å². The standard InChI is InChI=1S/C18H19N5O3/c1-26-18(25)16-9-12-11-22(7-4-8-23(12)21-16)17(24)10-15-13-5-2-3-6-14(13)19-20-15/h2-3,5-6,9H,4,7-8,10-11H2,1H3,(H,19,20). The molecule has 0 atom stereocenters. The van der Waals surface area contributed by atoms with E-state index in [1.165, 1.54) is 7.11 Å². The highest BCUT2D eigenvalue weighted by atomic mass is 16.5. The number of rotatable bonds is 3. The third kappa shape index (κ3) is 2.94. The molecule has 0 bridgehead atoms. The maximum atomic E-state index is 12.8. The molecule has 3 heterocycles. The topological polar surface area (TPSA) is 93.1 Å². The number of aryl methyl sites for hydroxylation is 1. The lowest BCUT2D eigenvalue weighted by atomic mass is 10.1. The van der Waals surface area contributed by atoms with E-state index in [-0.39, 0.29) is 18.0 Å². The average Bonchev–Trinajstić information content (AvgIpc) is 3.19. The maximum Gasteiger partial charge on any atom is 0.358 e. The number of aromatic nitrogens is 4. The molecule has 0 unspecified atom stereocenters.